The SMILES string of the molecule is C=Cc1c2[n-]c(c1C)/C=C1\[N-]C(C3=c4[n-]c(c(C)c4=C(O)[C@@H]3C(=O)OC)/C=c3\[n-]/c(c(C)c3CC)=C\2)[C@@H](CCC(=O)OCC=C(C)C)[C@@H]1CO.[Mg+2]. The van der Waals surface area contributed by atoms with Crippen LogP contribution in [0.3, 0.4) is 0 Å². The molecule has 2 aliphatic heterocycles. The van der Waals surface area contributed by atoms with E-state index >= 15 is 0 Å². The largest absolute Gasteiger partial charge is 2.00 e. The van der Waals surface area contributed by atoms with Crippen LogP contribution >= 0.6 is 0 Å². The molecule has 1 fully saturated rings. The van der Waals surface area contributed by atoms with Gasteiger partial charge in [-0.1, -0.05) is 77.2 Å². The number of methoxy groups -OCH3 is 1. The van der Waals surface area contributed by atoms with Gasteiger partial charge in [0, 0.05) is 18.2 Å². The van der Waals surface area contributed by atoms with Gasteiger partial charge in [0.05, 0.1) is 7.11 Å². The second-order valence-corrected chi connectivity index (χ2v) is 13.5. The van der Waals surface area contributed by atoms with E-state index in [-0.39, 0.29) is 54.4 Å². The van der Waals surface area contributed by atoms with Gasteiger partial charge in [0.2, 0.25) is 0 Å². The number of aliphatic hydroxyl groups is 2. The van der Waals surface area contributed by atoms with Crippen LogP contribution < -0.4 is 36.2 Å². The van der Waals surface area contributed by atoms with Crippen LogP contribution in [0.25, 0.3) is 41.0 Å². The Kier molecular flexibility index (Phi) is 11.3. The zero-order chi connectivity index (χ0) is 36.0. The van der Waals surface area contributed by atoms with Gasteiger partial charge >= 0.3 is 35.0 Å². The summed E-state index contributed by atoms with van der Waals surface area (Å²) in [5.74, 6) is -3.25. The molecular formula is C40H44MgN4O6-2. The molecule has 0 aromatic carbocycles. The first-order valence-corrected chi connectivity index (χ1v) is 17.1. The number of hydrogen-bond donors (Lipinski definition) is 2. The van der Waals surface area contributed by atoms with Crippen LogP contribution in [0.1, 0.15) is 78.5 Å². The summed E-state index contributed by atoms with van der Waals surface area (Å²) in [6.07, 6.45) is 10.5. The van der Waals surface area contributed by atoms with E-state index in [2.05, 4.69) is 13.5 Å². The Morgan fingerprint density at radius 2 is 1.69 bits per heavy atom. The van der Waals surface area contributed by atoms with Crippen LogP contribution in [-0.4, -0.2) is 71.6 Å². The normalized spacial score (nSPS) is 22.4. The summed E-state index contributed by atoms with van der Waals surface area (Å²) in [6.45, 7) is 15.8. The van der Waals surface area contributed by atoms with Crippen molar-refractivity contribution < 1.29 is 29.3 Å². The molecule has 51 heavy (non-hydrogen) atoms. The van der Waals surface area contributed by atoms with Crippen molar-refractivity contribution in [1.82, 2.24) is 15.0 Å². The number of ether oxygens (including phenoxy) is 2. The van der Waals surface area contributed by atoms with Gasteiger partial charge in [0.1, 0.15) is 18.3 Å². The Labute approximate surface area is 314 Å². The minimum Gasteiger partial charge on any atom is -0.681 e. The molecule has 4 atom stereocenters. The summed E-state index contributed by atoms with van der Waals surface area (Å²) in [5, 5.41) is 30.3. The second-order valence-electron chi connectivity index (χ2n) is 13.5. The first kappa shape index (κ1) is 38.0. The minimum absolute atomic E-state index is 0. The molecule has 264 valence electrons. The first-order valence-electron chi connectivity index (χ1n) is 17.1. The topological polar surface area (TPSA) is 149 Å². The average Bonchev–Trinajstić information content (AvgIpc) is 3.83. The van der Waals surface area contributed by atoms with Crippen molar-refractivity contribution in [2.45, 2.75) is 66.8 Å². The van der Waals surface area contributed by atoms with Crippen LogP contribution in [0.4, 0.5) is 0 Å². The molecular weight excluding hydrogens is 657 g/mol. The van der Waals surface area contributed by atoms with Gasteiger partial charge in [-0.2, -0.15) is 5.70 Å². The molecule has 3 aliphatic rings. The van der Waals surface area contributed by atoms with Gasteiger partial charge in [-0.25, -0.2) is 0 Å². The molecule has 6 rings (SSSR count). The number of rotatable bonds is 9. The molecule has 8 bridgehead atoms. The molecule has 0 spiro atoms. The van der Waals surface area contributed by atoms with Gasteiger partial charge < -0.3 is 40.0 Å². The number of esters is 2. The van der Waals surface area contributed by atoms with Crippen LogP contribution in [0.2, 0.25) is 0 Å². The fraction of sp³-hybridized carbons (Fsp3) is 0.400. The predicted molar refractivity (Wildman–Crippen MR) is 198 cm³/mol. The molecule has 10 nitrogen and oxygen atoms in total. The summed E-state index contributed by atoms with van der Waals surface area (Å²) in [4.78, 5) is 41.4. The minimum atomic E-state index is -1.15. The number of fused-ring (bicyclic) bond motifs is 8. The van der Waals surface area contributed by atoms with Crippen LogP contribution in [0, 0.1) is 38.5 Å². The van der Waals surface area contributed by atoms with E-state index in [9.17, 15) is 19.8 Å². The Bertz CT molecular complexity index is 2210. The maximum atomic E-state index is 13.4. The zero-order valence-corrected chi connectivity index (χ0v) is 31.9. The third kappa shape index (κ3) is 6.67. The molecule has 0 radical (unpaired) electrons. The van der Waals surface area contributed by atoms with Gasteiger partial charge in [0.25, 0.3) is 0 Å². The van der Waals surface area contributed by atoms with E-state index in [4.69, 9.17) is 29.7 Å². The summed E-state index contributed by atoms with van der Waals surface area (Å²) in [6, 6.07) is -0.719. The molecule has 3 aromatic heterocycles. The standard InChI is InChI=1S/C40H44N4O6.Mg/c1-9-23-21(6)28-16-32-26(18-45)25(11-12-33(46)50-14-13-19(3)4)37(44-32)35-36(40(48)49-8)39(47)34-22(7)29(43-38(34)35)17-31-24(10-2)20(5)27(41-31)15-30(23)42-28;/h9,13,15-17,25-26,36-37,45,47H,1,10-12,14,18H2,2-8H3;/q-4;+2/b27-15-,31-17-,32-16-;/t25-,26-,36+,37?;/m0./s1. The van der Waals surface area contributed by atoms with Gasteiger partial charge in [0.15, 0.2) is 0 Å². The molecule has 2 N–H and O–H groups in total. The van der Waals surface area contributed by atoms with Crippen LogP contribution in [0.15, 0.2) is 23.9 Å². The molecule has 1 aliphatic carbocycles. The first-order chi connectivity index (χ1) is 23.9. The van der Waals surface area contributed by atoms with Crippen molar-refractivity contribution in [1.29, 1.82) is 0 Å². The van der Waals surface area contributed by atoms with Crippen molar-refractivity contribution in [3.05, 3.63) is 95.4 Å². The molecule has 5 heterocycles. The number of allylic oxidation sites excluding steroid dienone is 1. The summed E-state index contributed by atoms with van der Waals surface area (Å²) in [7, 11) is 1.28. The van der Waals surface area contributed by atoms with E-state index in [1.54, 1.807) is 6.08 Å². The molecule has 1 unspecified atom stereocenters. The summed E-state index contributed by atoms with van der Waals surface area (Å²) in [5.41, 5.74) is 8.71. The number of aliphatic hydroxyl groups excluding tert-OH is 2. The summed E-state index contributed by atoms with van der Waals surface area (Å²) < 4.78 is 10.7. The quantitative estimate of drug-likeness (QED) is 0.195. The Balaban J connectivity index is 0.00000504. The number of carbonyl (C=O) groups excluding carboxylic acids is 2. The predicted octanol–water partition coefficient (Wildman–Crippen LogP) is 2.21. The van der Waals surface area contributed by atoms with Gasteiger partial charge in [-0.05, 0) is 70.9 Å². The molecule has 11 heteroatoms. The maximum Gasteiger partial charge on any atom is 2.00 e. The van der Waals surface area contributed by atoms with Crippen molar-refractivity contribution in [2.24, 2.45) is 17.8 Å². The maximum absolute atomic E-state index is 13.4. The Morgan fingerprint density at radius 1 is 0.980 bits per heavy atom. The number of carbonyl (C=O) groups is 2. The fourth-order valence-electron chi connectivity index (χ4n) is 7.65. The summed E-state index contributed by atoms with van der Waals surface area (Å²) >= 11 is 0. The monoisotopic (exact) mass is 700 g/mol. The van der Waals surface area contributed by atoms with Crippen LogP contribution in [0.5, 0.6) is 0 Å². The fourth-order valence-corrected chi connectivity index (χ4v) is 7.65. The third-order valence-electron chi connectivity index (χ3n) is 10.4. The Morgan fingerprint density at radius 3 is 2.33 bits per heavy atom. The molecule has 0 amide bonds. The second kappa shape index (κ2) is 15.2. The molecule has 0 saturated carbocycles. The van der Waals surface area contributed by atoms with Gasteiger partial charge in [-0.15, -0.1) is 33.1 Å². The zero-order valence-electron chi connectivity index (χ0n) is 30.5. The number of hydrogen-bond acceptors (Lipinski definition) is 6. The average molecular weight is 701 g/mol. The Hall–Kier alpha value is -4.19. The molecule has 3 aromatic rings. The number of aromatic nitrogens is 3. The van der Waals surface area contributed by atoms with Crippen molar-refractivity contribution in [3.63, 3.8) is 0 Å². The molecule has 1 saturated heterocycles. The van der Waals surface area contributed by atoms with E-state index in [0.717, 1.165) is 50.6 Å². The van der Waals surface area contributed by atoms with Crippen LogP contribution in [-0.2, 0) is 25.5 Å². The van der Waals surface area contributed by atoms with E-state index in [1.807, 2.05) is 58.9 Å². The smallest absolute Gasteiger partial charge is 0.681 e. The van der Waals surface area contributed by atoms with E-state index in [0.29, 0.717) is 45.2 Å². The van der Waals surface area contributed by atoms with Crippen molar-refractivity contribution >= 4 is 70.6 Å². The van der Waals surface area contributed by atoms with E-state index in [1.165, 1.54) is 7.11 Å². The van der Waals surface area contributed by atoms with Crippen molar-refractivity contribution in [3.8, 4) is 0 Å². The van der Waals surface area contributed by atoms with Gasteiger partial charge in [-0.3, -0.25) is 9.59 Å². The third-order valence-corrected chi connectivity index (χ3v) is 10.4. The van der Waals surface area contributed by atoms with Crippen molar-refractivity contribution in [2.75, 3.05) is 20.3 Å². The van der Waals surface area contributed by atoms with E-state index < -0.39 is 29.8 Å². The number of nitrogens with zero attached hydrogens (tertiary/aromatic N) is 4.